The van der Waals surface area contributed by atoms with Gasteiger partial charge in [-0.05, 0) is 50.5 Å². The maximum atomic E-state index is 12.8. The number of sulfonamides is 1. The lowest BCUT2D eigenvalue weighted by Crippen LogP contribution is -2.45. The van der Waals surface area contributed by atoms with Crippen molar-refractivity contribution in [3.05, 3.63) is 64.7 Å². The molecule has 2 N–H and O–H groups in total. The molecule has 0 saturated heterocycles. The van der Waals surface area contributed by atoms with Crippen molar-refractivity contribution in [2.75, 3.05) is 6.54 Å². The molecule has 1 amide bonds. The van der Waals surface area contributed by atoms with Crippen molar-refractivity contribution in [3.8, 4) is 0 Å². The van der Waals surface area contributed by atoms with Gasteiger partial charge in [0.05, 0.1) is 15.5 Å². The molecular formula is C21H25ClN2O3S. The molecule has 7 heteroatoms. The monoisotopic (exact) mass is 420 g/mol. The Morgan fingerprint density at radius 2 is 1.82 bits per heavy atom. The summed E-state index contributed by atoms with van der Waals surface area (Å²) in [6.45, 7) is 3.97. The summed E-state index contributed by atoms with van der Waals surface area (Å²) in [6.07, 6.45) is 3.15. The summed E-state index contributed by atoms with van der Waals surface area (Å²) < 4.78 is 27.3. The van der Waals surface area contributed by atoms with E-state index in [1.54, 1.807) is 13.8 Å². The van der Waals surface area contributed by atoms with Gasteiger partial charge in [0.2, 0.25) is 10.0 Å². The predicted molar refractivity (Wildman–Crippen MR) is 111 cm³/mol. The van der Waals surface area contributed by atoms with Crippen molar-refractivity contribution in [1.29, 1.82) is 0 Å². The zero-order chi connectivity index (χ0) is 20.4. The van der Waals surface area contributed by atoms with Gasteiger partial charge in [0.15, 0.2) is 0 Å². The summed E-state index contributed by atoms with van der Waals surface area (Å²) in [5, 5.41) is 3.19. The highest BCUT2D eigenvalue weighted by molar-refractivity contribution is 7.89. The number of rotatable bonds is 7. The van der Waals surface area contributed by atoms with Gasteiger partial charge in [-0.25, -0.2) is 13.1 Å². The topological polar surface area (TPSA) is 75.3 Å². The number of halogens is 1. The molecular weight excluding hydrogens is 396 g/mol. The third kappa shape index (κ3) is 4.40. The third-order valence-electron chi connectivity index (χ3n) is 5.17. The lowest BCUT2D eigenvalue weighted by atomic mass is 9.64. The Morgan fingerprint density at radius 1 is 1.14 bits per heavy atom. The standard InChI is InChI=1S/C21H25ClN2O3S/c1-15(2)24-28(26,27)17-9-10-19(22)18(13-17)20(25)23-14-21(11-6-12-21)16-7-4-3-5-8-16/h3-5,7-10,13,15,24H,6,11-12,14H2,1-2H3,(H,23,25). The largest absolute Gasteiger partial charge is 0.351 e. The van der Waals surface area contributed by atoms with Gasteiger partial charge in [-0.15, -0.1) is 0 Å². The van der Waals surface area contributed by atoms with Crippen LogP contribution in [0.25, 0.3) is 0 Å². The highest BCUT2D eigenvalue weighted by atomic mass is 35.5. The van der Waals surface area contributed by atoms with Crippen molar-refractivity contribution in [3.63, 3.8) is 0 Å². The average Bonchev–Trinajstić information content (AvgIpc) is 2.60. The second kappa shape index (κ2) is 8.23. The molecule has 3 rings (SSSR count). The quantitative estimate of drug-likeness (QED) is 0.713. The smallest absolute Gasteiger partial charge is 0.252 e. The van der Waals surface area contributed by atoms with E-state index in [2.05, 4.69) is 22.2 Å². The van der Waals surface area contributed by atoms with E-state index >= 15 is 0 Å². The van der Waals surface area contributed by atoms with Crippen LogP contribution in [0, 0.1) is 0 Å². The van der Waals surface area contributed by atoms with E-state index in [1.807, 2.05) is 18.2 Å². The van der Waals surface area contributed by atoms with Crippen molar-refractivity contribution >= 4 is 27.5 Å². The summed E-state index contributed by atoms with van der Waals surface area (Å²) in [6, 6.07) is 14.1. The normalized spacial score (nSPS) is 15.9. The number of carbonyl (C=O) groups is 1. The van der Waals surface area contributed by atoms with E-state index < -0.39 is 10.0 Å². The first-order chi connectivity index (χ1) is 13.2. The number of carbonyl (C=O) groups excluding carboxylic acids is 1. The Bertz CT molecular complexity index is 955. The van der Waals surface area contributed by atoms with Crippen LogP contribution in [0.1, 0.15) is 49.0 Å². The first-order valence-corrected chi connectivity index (χ1v) is 11.3. The summed E-state index contributed by atoms with van der Waals surface area (Å²) in [5.41, 5.74) is 1.31. The van der Waals surface area contributed by atoms with Crippen LogP contribution < -0.4 is 10.0 Å². The van der Waals surface area contributed by atoms with Gasteiger partial charge in [0, 0.05) is 18.0 Å². The zero-order valence-corrected chi connectivity index (χ0v) is 17.6. The molecule has 1 aliphatic rings. The first kappa shape index (κ1) is 20.8. The van der Waals surface area contributed by atoms with Crippen LogP contribution >= 0.6 is 11.6 Å². The van der Waals surface area contributed by atoms with Crippen LogP contribution in [-0.2, 0) is 15.4 Å². The molecule has 0 radical (unpaired) electrons. The van der Waals surface area contributed by atoms with Crippen LogP contribution in [0.4, 0.5) is 0 Å². The number of nitrogens with one attached hydrogen (secondary N) is 2. The minimum Gasteiger partial charge on any atom is -0.351 e. The Hall–Kier alpha value is -1.89. The van der Waals surface area contributed by atoms with Crippen LogP contribution in [0.5, 0.6) is 0 Å². The summed E-state index contributed by atoms with van der Waals surface area (Å²) >= 11 is 6.19. The summed E-state index contributed by atoms with van der Waals surface area (Å²) in [4.78, 5) is 12.8. The molecule has 0 spiro atoms. The Balaban J connectivity index is 1.78. The lowest BCUT2D eigenvalue weighted by Gasteiger charge is -2.42. The molecule has 150 valence electrons. The first-order valence-electron chi connectivity index (χ1n) is 9.39. The highest BCUT2D eigenvalue weighted by Gasteiger charge is 2.38. The number of hydrogen-bond acceptors (Lipinski definition) is 3. The van der Waals surface area contributed by atoms with Crippen LogP contribution in [0.3, 0.4) is 0 Å². The van der Waals surface area contributed by atoms with Crippen LogP contribution in [0.2, 0.25) is 5.02 Å². The minimum absolute atomic E-state index is 0.0252. The molecule has 1 saturated carbocycles. The minimum atomic E-state index is -3.70. The fraction of sp³-hybridized carbons (Fsp3) is 0.381. The van der Waals surface area contributed by atoms with Gasteiger partial charge >= 0.3 is 0 Å². The molecule has 0 heterocycles. The van der Waals surface area contributed by atoms with Gasteiger partial charge in [0.1, 0.15) is 0 Å². The SMILES string of the molecule is CC(C)NS(=O)(=O)c1ccc(Cl)c(C(=O)NCC2(c3ccccc3)CCC2)c1. The van der Waals surface area contributed by atoms with Gasteiger partial charge in [0.25, 0.3) is 5.91 Å². The van der Waals surface area contributed by atoms with Crippen LogP contribution in [0.15, 0.2) is 53.4 Å². The maximum Gasteiger partial charge on any atom is 0.252 e. The predicted octanol–water partition coefficient (Wildman–Crippen LogP) is 3.88. The number of amides is 1. The van der Waals surface area contributed by atoms with Gasteiger partial charge in [-0.1, -0.05) is 48.4 Å². The molecule has 0 atom stereocenters. The van der Waals surface area contributed by atoms with Crippen molar-refractivity contribution in [1.82, 2.24) is 10.0 Å². The molecule has 2 aromatic carbocycles. The number of hydrogen-bond donors (Lipinski definition) is 2. The summed E-state index contributed by atoms with van der Waals surface area (Å²) in [7, 11) is -3.70. The van der Waals surface area contributed by atoms with E-state index in [4.69, 9.17) is 11.6 Å². The van der Waals surface area contributed by atoms with E-state index in [1.165, 1.54) is 23.8 Å². The molecule has 0 aromatic heterocycles. The molecule has 0 bridgehead atoms. The van der Waals surface area contributed by atoms with E-state index in [9.17, 15) is 13.2 Å². The van der Waals surface area contributed by atoms with Gasteiger partial charge in [-0.2, -0.15) is 0 Å². The molecule has 0 aliphatic heterocycles. The Morgan fingerprint density at radius 3 is 2.39 bits per heavy atom. The van der Waals surface area contributed by atoms with Crippen LogP contribution in [-0.4, -0.2) is 26.9 Å². The molecule has 1 fully saturated rings. The fourth-order valence-electron chi connectivity index (χ4n) is 3.53. The molecule has 28 heavy (non-hydrogen) atoms. The van der Waals surface area contributed by atoms with Gasteiger partial charge < -0.3 is 5.32 Å². The van der Waals surface area contributed by atoms with E-state index in [0.717, 1.165) is 19.3 Å². The van der Waals surface area contributed by atoms with E-state index in [-0.39, 0.29) is 32.8 Å². The average molecular weight is 421 g/mol. The Kier molecular flexibility index (Phi) is 6.12. The fourth-order valence-corrected chi connectivity index (χ4v) is 5.01. The van der Waals surface area contributed by atoms with E-state index in [0.29, 0.717) is 6.54 Å². The van der Waals surface area contributed by atoms with Crippen molar-refractivity contribution in [2.45, 2.75) is 49.5 Å². The zero-order valence-electron chi connectivity index (χ0n) is 16.0. The highest BCUT2D eigenvalue weighted by Crippen LogP contribution is 2.43. The molecule has 1 aliphatic carbocycles. The lowest BCUT2D eigenvalue weighted by molar-refractivity contribution is 0.0928. The molecule has 5 nitrogen and oxygen atoms in total. The summed E-state index contributed by atoms with van der Waals surface area (Å²) in [5.74, 6) is -0.367. The Labute approximate surface area is 171 Å². The van der Waals surface area contributed by atoms with Gasteiger partial charge in [-0.3, -0.25) is 4.79 Å². The van der Waals surface area contributed by atoms with Crippen molar-refractivity contribution < 1.29 is 13.2 Å². The second-order valence-corrected chi connectivity index (χ2v) is 9.72. The second-order valence-electron chi connectivity index (χ2n) is 7.60. The number of benzene rings is 2. The molecule has 2 aromatic rings. The van der Waals surface area contributed by atoms with Crippen molar-refractivity contribution in [2.24, 2.45) is 0 Å². The maximum absolute atomic E-state index is 12.8. The third-order valence-corrected chi connectivity index (χ3v) is 7.15. The molecule has 0 unspecified atom stereocenters.